The van der Waals surface area contributed by atoms with Gasteiger partial charge in [0.15, 0.2) is 0 Å². The quantitative estimate of drug-likeness (QED) is 0.292. The number of benzene rings is 3. The van der Waals surface area contributed by atoms with Crippen LogP contribution in [0.5, 0.6) is 5.75 Å². The lowest BCUT2D eigenvalue weighted by Gasteiger charge is -2.15. The fourth-order valence-corrected chi connectivity index (χ4v) is 4.58. The molecule has 0 fully saturated rings. The van der Waals surface area contributed by atoms with E-state index in [-0.39, 0.29) is 5.91 Å². The summed E-state index contributed by atoms with van der Waals surface area (Å²) in [4.78, 5) is 12.9. The van der Waals surface area contributed by atoms with Crippen LogP contribution < -0.4 is 10.1 Å². The van der Waals surface area contributed by atoms with Crippen molar-refractivity contribution in [3.63, 3.8) is 0 Å². The van der Waals surface area contributed by atoms with E-state index in [1.165, 1.54) is 11.1 Å². The molecule has 3 aromatic carbocycles. The number of amides is 1. The van der Waals surface area contributed by atoms with Gasteiger partial charge in [-0.25, -0.2) is 0 Å². The van der Waals surface area contributed by atoms with E-state index >= 15 is 0 Å². The average Bonchev–Trinajstić information content (AvgIpc) is 3.22. The SMILES string of the molecule is CCOc1c(/C(C)=C/C(=O)Nc2cc(C)ccc2C)cc2c(-c3ccc(C)cc3C)coc2c1C. The molecule has 0 aliphatic carbocycles. The van der Waals surface area contributed by atoms with E-state index in [0.29, 0.717) is 6.61 Å². The van der Waals surface area contributed by atoms with Gasteiger partial charge < -0.3 is 14.5 Å². The summed E-state index contributed by atoms with van der Waals surface area (Å²) in [6.07, 6.45) is 3.46. The number of ether oxygens (including phenoxy) is 1. The van der Waals surface area contributed by atoms with Crippen molar-refractivity contribution in [2.45, 2.75) is 48.5 Å². The molecule has 1 aromatic heterocycles. The van der Waals surface area contributed by atoms with Crippen LogP contribution in [0, 0.1) is 34.6 Å². The second kappa shape index (κ2) is 9.83. The van der Waals surface area contributed by atoms with Gasteiger partial charge in [-0.1, -0.05) is 35.9 Å². The number of hydrogen-bond acceptors (Lipinski definition) is 3. The third kappa shape index (κ3) is 4.88. The third-order valence-electron chi connectivity index (χ3n) is 6.43. The molecule has 1 N–H and O–H groups in total. The van der Waals surface area contributed by atoms with Gasteiger partial charge in [0.05, 0.1) is 12.9 Å². The number of carbonyl (C=O) groups excluding carboxylic acids is 1. The van der Waals surface area contributed by atoms with Crippen molar-refractivity contribution in [2.24, 2.45) is 0 Å². The molecule has 0 saturated heterocycles. The van der Waals surface area contributed by atoms with Gasteiger partial charge in [-0.2, -0.15) is 0 Å². The lowest BCUT2D eigenvalue weighted by molar-refractivity contribution is -0.111. The van der Waals surface area contributed by atoms with Crippen LogP contribution in [0.3, 0.4) is 0 Å². The second-order valence-corrected chi connectivity index (χ2v) is 9.29. The molecule has 4 rings (SSSR count). The highest BCUT2D eigenvalue weighted by Gasteiger charge is 2.20. The molecular formula is C31H33NO3. The van der Waals surface area contributed by atoms with Gasteiger partial charge in [-0.3, -0.25) is 4.79 Å². The maximum atomic E-state index is 12.9. The largest absolute Gasteiger partial charge is 0.493 e. The van der Waals surface area contributed by atoms with E-state index in [2.05, 4.69) is 43.4 Å². The number of anilines is 1. The van der Waals surface area contributed by atoms with Crippen molar-refractivity contribution >= 4 is 28.1 Å². The van der Waals surface area contributed by atoms with Crippen LogP contribution in [-0.2, 0) is 4.79 Å². The molecule has 0 aliphatic heterocycles. The molecule has 0 atom stereocenters. The zero-order valence-corrected chi connectivity index (χ0v) is 21.6. The number of carbonyl (C=O) groups is 1. The van der Waals surface area contributed by atoms with Crippen LogP contribution >= 0.6 is 0 Å². The predicted molar refractivity (Wildman–Crippen MR) is 145 cm³/mol. The minimum atomic E-state index is -0.168. The number of hydrogen-bond donors (Lipinski definition) is 1. The Labute approximate surface area is 207 Å². The first kappa shape index (κ1) is 24.3. The first-order valence-corrected chi connectivity index (χ1v) is 12.0. The van der Waals surface area contributed by atoms with E-state index in [0.717, 1.165) is 61.4 Å². The fourth-order valence-electron chi connectivity index (χ4n) is 4.58. The van der Waals surface area contributed by atoms with Crippen LogP contribution in [0.1, 0.15) is 47.2 Å². The van der Waals surface area contributed by atoms with E-state index in [9.17, 15) is 4.79 Å². The first-order chi connectivity index (χ1) is 16.7. The number of aryl methyl sites for hydroxylation is 5. The maximum Gasteiger partial charge on any atom is 0.248 e. The molecule has 35 heavy (non-hydrogen) atoms. The molecule has 0 spiro atoms. The summed E-state index contributed by atoms with van der Waals surface area (Å²) in [5, 5.41) is 4.04. The highest BCUT2D eigenvalue weighted by atomic mass is 16.5. The van der Waals surface area contributed by atoms with Gasteiger partial charge >= 0.3 is 0 Å². The Morgan fingerprint density at radius 3 is 2.37 bits per heavy atom. The van der Waals surface area contributed by atoms with E-state index in [1.807, 2.05) is 59.1 Å². The van der Waals surface area contributed by atoms with Crippen molar-refractivity contribution in [3.8, 4) is 16.9 Å². The van der Waals surface area contributed by atoms with Crippen molar-refractivity contribution in [1.29, 1.82) is 0 Å². The van der Waals surface area contributed by atoms with Gasteiger partial charge in [0.1, 0.15) is 11.3 Å². The third-order valence-corrected chi connectivity index (χ3v) is 6.43. The topological polar surface area (TPSA) is 51.5 Å². The van der Waals surface area contributed by atoms with Gasteiger partial charge in [0.2, 0.25) is 5.91 Å². The lowest BCUT2D eigenvalue weighted by Crippen LogP contribution is -2.10. The Balaban J connectivity index is 1.81. The molecule has 1 heterocycles. The zero-order chi connectivity index (χ0) is 25.3. The molecule has 0 unspecified atom stereocenters. The summed E-state index contributed by atoms with van der Waals surface area (Å²) in [7, 11) is 0. The monoisotopic (exact) mass is 467 g/mol. The number of nitrogens with one attached hydrogen (secondary N) is 1. The Hall–Kier alpha value is -3.79. The van der Waals surface area contributed by atoms with Crippen LogP contribution in [0.2, 0.25) is 0 Å². The summed E-state index contributed by atoms with van der Waals surface area (Å²) in [6, 6.07) is 14.6. The molecule has 0 saturated carbocycles. The summed E-state index contributed by atoms with van der Waals surface area (Å²) >= 11 is 0. The van der Waals surface area contributed by atoms with Gasteiger partial charge in [0.25, 0.3) is 0 Å². The standard InChI is InChI=1S/C31H33NO3/c1-8-34-30-23(7)31-26(27(17-35-31)24-12-10-18(2)13-21(24)5)16-25(30)22(6)15-29(33)32-28-14-19(3)9-11-20(28)4/h9-17H,8H2,1-7H3,(H,32,33)/b22-15+. The lowest BCUT2D eigenvalue weighted by atomic mass is 9.94. The molecular weight excluding hydrogens is 434 g/mol. The Kier molecular flexibility index (Phi) is 6.83. The van der Waals surface area contributed by atoms with Gasteiger partial charge in [-0.15, -0.1) is 0 Å². The van der Waals surface area contributed by atoms with Crippen LogP contribution in [0.4, 0.5) is 5.69 Å². The van der Waals surface area contributed by atoms with E-state index in [1.54, 1.807) is 6.08 Å². The van der Waals surface area contributed by atoms with Gasteiger partial charge in [0, 0.05) is 33.8 Å². The highest BCUT2D eigenvalue weighted by molar-refractivity contribution is 6.06. The molecule has 180 valence electrons. The zero-order valence-electron chi connectivity index (χ0n) is 21.6. The number of furan rings is 1. The number of allylic oxidation sites excluding steroid dienone is 1. The van der Waals surface area contributed by atoms with Crippen molar-refractivity contribution in [1.82, 2.24) is 0 Å². The molecule has 4 heteroatoms. The summed E-state index contributed by atoms with van der Waals surface area (Å²) < 4.78 is 12.1. The summed E-state index contributed by atoms with van der Waals surface area (Å²) in [5.41, 5.74) is 11.0. The molecule has 0 bridgehead atoms. The van der Waals surface area contributed by atoms with Crippen LogP contribution in [0.25, 0.3) is 27.7 Å². The van der Waals surface area contributed by atoms with Crippen LogP contribution in [0.15, 0.2) is 59.2 Å². The molecule has 0 aliphatic rings. The maximum absolute atomic E-state index is 12.9. The van der Waals surface area contributed by atoms with E-state index < -0.39 is 0 Å². The Morgan fingerprint density at radius 1 is 0.943 bits per heavy atom. The normalized spacial score (nSPS) is 11.7. The van der Waals surface area contributed by atoms with Crippen LogP contribution in [-0.4, -0.2) is 12.5 Å². The Morgan fingerprint density at radius 2 is 1.66 bits per heavy atom. The minimum absolute atomic E-state index is 0.168. The highest BCUT2D eigenvalue weighted by Crippen LogP contribution is 2.41. The van der Waals surface area contributed by atoms with Gasteiger partial charge in [-0.05, 0) is 88.4 Å². The average molecular weight is 468 g/mol. The molecule has 4 aromatic rings. The fraction of sp³-hybridized carbons (Fsp3) is 0.258. The summed E-state index contributed by atoms with van der Waals surface area (Å²) in [5.74, 6) is 0.577. The molecule has 1 amide bonds. The smallest absolute Gasteiger partial charge is 0.248 e. The number of rotatable bonds is 6. The molecule has 4 nitrogen and oxygen atoms in total. The van der Waals surface area contributed by atoms with E-state index in [4.69, 9.17) is 9.15 Å². The van der Waals surface area contributed by atoms with Crippen molar-refractivity contribution in [2.75, 3.05) is 11.9 Å². The minimum Gasteiger partial charge on any atom is -0.493 e. The number of fused-ring (bicyclic) bond motifs is 1. The molecule has 0 radical (unpaired) electrons. The predicted octanol–water partition coefficient (Wildman–Crippen LogP) is 8.08. The second-order valence-electron chi connectivity index (χ2n) is 9.29. The van der Waals surface area contributed by atoms with Crippen molar-refractivity contribution < 1.29 is 13.9 Å². The summed E-state index contributed by atoms with van der Waals surface area (Å²) in [6.45, 7) is 14.7. The Bertz CT molecular complexity index is 1460. The van der Waals surface area contributed by atoms with Crippen molar-refractivity contribution in [3.05, 3.63) is 88.2 Å². The first-order valence-electron chi connectivity index (χ1n) is 12.0.